The van der Waals surface area contributed by atoms with Crippen LogP contribution in [0.25, 0.3) is 0 Å². The monoisotopic (exact) mass is 209 g/mol. The average molecular weight is 209 g/mol. The predicted molar refractivity (Wildman–Crippen MR) is 54.2 cm³/mol. The van der Waals surface area contributed by atoms with Crippen LogP contribution in [0.1, 0.15) is 13.3 Å². The summed E-state index contributed by atoms with van der Waals surface area (Å²) in [5.41, 5.74) is 0. The predicted octanol–water partition coefficient (Wildman–Crippen LogP) is 0.177. The fraction of sp³-hybridized carbons (Fsp3) is 0.600. The number of nitrogens with zero attached hydrogens (tertiary/aromatic N) is 2. The summed E-state index contributed by atoms with van der Waals surface area (Å²) in [6, 6.07) is 1.95. The van der Waals surface area contributed by atoms with E-state index in [2.05, 4.69) is 10.4 Å². The number of hydrogen-bond acceptors (Lipinski definition) is 4. The van der Waals surface area contributed by atoms with Gasteiger partial charge in [0, 0.05) is 24.9 Å². The van der Waals surface area contributed by atoms with Gasteiger partial charge in [0.25, 0.3) is 0 Å². The van der Waals surface area contributed by atoms with Crippen molar-refractivity contribution >= 4 is 5.97 Å². The van der Waals surface area contributed by atoms with Crippen LogP contribution < -0.4 is 5.32 Å². The molecule has 2 rings (SSSR count). The summed E-state index contributed by atoms with van der Waals surface area (Å²) in [4.78, 5) is 11.2. The van der Waals surface area contributed by atoms with Gasteiger partial charge in [0.15, 0.2) is 0 Å². The summed E-state index contributed by atoms with van der Waals surface area (Å²) < 4.78 is 6.72. The van der Waals surface area contributed by atoms with Crippen LogP contribution in [-0.4, -0.2) is 34.4 Å². The Morgan fingerprint density at radius 3 is 3.27 bits per heavy atom. The first kappa shape index (κ1) is 10.2. The molecule has 0 spiro atoms. The average Bonchev–Trinajstić information content (AvgIpc) is 2.79. The van der Waals surface area contributed by atoms with Gasteiger partial charge in [0.2, 0.25) is 0 Å². The molecule has 0 unspecified atom stereocenters. The Kier molecular flexibility index (Phi) is 3.01. The van der Waals surface area contributed by atoms with Crippen molar-refractivity contribution in [2.24, 2.45) is 0 Å². The lowest BCUT2D eigenvalue weighted by Gasteiger charge is -2.16. The van der Waals surface area contributed by atoms with Gasteiger partial charge in [-0.3, -0.25) is 14.8 Å². The molecule has 5 heteroatoms. The molecule has 1 aromatic rings. The van der Waals surface area contributed by atoms with Crippen LogP contribution >= 0.6 is 0 Å². The van der Waals surface area contributed by atoms with Crippen LogP contribution in [0.2, 0.25) is 0 Å². The van der Waals surface area contributed by atoms with Crippen LogP contribution in [0.4, 0.5) is 0 Å². The molecule has 0 aliphatic carbocycles. The van der Waals surface area contributed by atoms with Gasteiger partial charge >= 0.3 is 5.97 Å². The summed E-state index contributed by atoms with van der Waals surface area (Å²) in [5, 5.41) is 7.34. The Bertz CT molecular complexity index is 323. The highest BCUT2D eigenvalue weighted by molar-refractivity contribution is 5.77. The molecule has 15 heavy (non-hydrogen) atoms. The van der Waals surface area contributed by atoms with E-state index in [1.807, 2.05) is 23.9 Å². The van der Waals surface area contributed by atoms with E-state index in [9.17, 15) is 4.79 Å². The summed E-state index contributed by atoms with van der Waals surface area (Å²) in [7, 11) is 0. The number of cyclic esters (lactones) is 1. The highest BCUT2D eigenvalue weighted by Crippen LogP contribution is 2.07. The van der Waals surface area contributed by atoms with Gasteiger partial charge in [0.05, 0.1) is 13.2 Å². The summed E-state index contributed by atoms with van der Waals surface area (Å²) in [5.74, 6) is -0.137. The molecule has 1 aromatic heterocycles. The number of esters is 1. The molecular formula is C10H15N3O2. The van der Waals surface area contributed by atoms with Gasteiger partial charge < -0.3 is 4.74 Å². The van der Waals surface area contributed by atoms with E-state index < -0.39 is 0 Å². The number of rotatable bonds is 4. The third kappa shape index (κ3) is 2.56. The van der Waals surface area contributed by atoms with E-state index in [-0.39, 0.29) is 18.1 Å². The number of nitrogens with one attached hydrogen (secondary N) is 1. The zero-order valence-corrected chi connectivity index (χ0v) is 8.72. The van der Waals surface area contributed by atoms with Crippen molar-refractivity contribution in [2.75, 3.05) is 6.61 Å². The maximum Gasteiger partial charge on any atom is 0.323 e. The van der Waals surface area contributed by atoms with E-state index in [1.165, 1.54) is 0 Å². The molecule has 0 bridgehead atoms. The van der Waals surface area contributed by atoms with Gasteiger partial charge in [-0.1, -0.05) is 0 Å². The lowest BCUT2D eigenvalue weighted by molar-refractivity contribution is -0.139. The second-order valence-corrected chi connectivity index (χ2v) is 3.80. The van der Waals surface area contributed by atoms with Crippen LogP contribution in [0.5, 0.6) is 0 Å². The molecule has 1 saturated heterocycles. The quantitative estimate of drug-likeness (QED) is 0.718. The molecule has 1 fully saturated rings. The lowest BCUT2D eigenvalue weighted by Crippen LogP contribution is -2.41. The van der Waals surface area contributed by atoms with Crippen LogP contribution in [0.3, 0.4) is 0 Å². The molecule has 1 aliphatic heterocycles. The largest absolute Gasteiger partial charge is 0.464 e. The SMILES string of the molecule is C[C@H](Cn1cccn1)N[C@@H]1CCOC1=O. The smallest absolute Gasteiger partial charge is 0.323 e. The minimum Gasteiger partial charge on any atom is -0.464 e. The van der Waals surface area contributed by atoms with E-state index in [0.29, 0.717) is 6.61 Å². The molecule has 0 radical (unpaired) electrons. The van der Waals surface area contributed by atoms with Crippen molar-refractivity contribution in [3.05, 3.63) is 18.5 Å². The molecule has 2 heterocycles. The first-order valence-electron chi connectivity index (χ1n) is 5.16. The Labute approximate surface area is 88.4 Å². The molecule has 0 saturated carbocycles. The first-order valence-corrected chi connectivity index (χ1v) is 5.16. The molecule has 2 atom stereocenters. The minimum absolute atomic E-state index is 0.137. The molecule has 82 valence electrons. The van der Waals surface area contributed by atoms with Gasteiger partial charge in [0.1, 0.15) is 6.04 Å². The fourth-order valence-corrected chi connectivity index (χ4v) is 1.73. The Morgan fingerprint density at radius 1 is 1.80 bits per heavy atom. The van der Waals surface area contributed by atoms with E-state index in [1.54, 1.807) is 6.20 Å². The normalized spacial score (nSPS) is 22.7. The molecule has 1 aliphatic rings. The molecule has 5 nitrogen and oxygen atoms in total. The molecule has 1 N–H and O–H groups in total. The molecule has 0 aromatic carbocycles. The number of hydrogen-bond donors (Lipinski definition) is 1. The zero-order valence-electron chi connectivity index (χ0n) is 8.72. The fourth-order valence-electron chi connectivity index (χ4n) is 1.73. The van der Waals surface area contributed by atoms with Gasteiger partial charge in [-0.25, -0.2) is 0 Å². The number of ether oxygens (including phenoxy) is 1. The van der Waals surface area contributed by atoms with Crippen LogP contribution in [0, 0.1) is 0 Å². The topological polar surface area (TPSA) is 56.1 Å². The van der Waals surface area contributed by atoms with E-state index in [0.717, 1.165) is 13.0 Å². The lowest BCUT2D eigenvalue weighted by atomic mass is 10.2. The van der Waals surface area contributed by atoms with E-state index in [4.69, 9.17) is 4.74 Å². The number of aromatic nitrogens is 2. The van der Waals surface area contributed by atoms with Crippen molar-refractivity contribution in [2.45, 2.75) is 32.0 Å². The third-order valence-electron chi connectivity index (χ3n) is 2.44. The van der Waals surface area contributed by atoms with Crippen LogP contribution in [0.15, 0.2) is 18.5 Å². The van der Waals surface area contributed by atoms with Crippen molar-refractivity contribution in [1.82, 2.24) is 15.1 Å². The minimum atomic E-state index is -0.143. The van der Waals surface area contributed by atoms with Crippen molar-refractivity contribution in [3.8, 4) is 0 Å². The third-order valence-corrected chi connectivity index (χ3v) is 2.44. The molecular weight excluding hydrogens is 194 g/mol. The highest BCUT2D eigenvalue weighted by Gasteiger charge is 2.27. The second-order valence-electron chi connectivity index (χ2n) is 3.80. The van der Waals surface area contributed by atoms with E-state index >= 15 is 0 Å². The Hall–Kier alpha value is -1.36. The molecule has 0 amide bonds. The van der Waals surface area contributed by atoms with Gasteiger partial charge in [-0.2, -0.15) is 5.10 Å². The summed E-state index contributed by atoms with van der Waals surface area (Å²) in [6.45, 7) is 3.33. The van der Waals surface area contributed by atoms with Gasteiger partial charge in [-0.05, 0) is 13.0 Å². The van der Waals surface area contributed by atoms with Gasteiger partial charge in [-0.15, -0.1) is 0 Å². The van der Waals surface area contributed by atoms with Crippen molar-refractivity contribution < 1.29 is 9.53 Å². The number of carbonyl (C=O) groups is 1. The standard InChI is InChI=1S/C10H15N3O2/c1-8(7-13-5-2-4-11-13)12-9-3-6-15-10(9)14/h2,4-5,8-9,12H,3,6-7H2,1H3/t8-,9-/m1/s1. The van der Waals surface area contributed by atoms with Crippen LogP contribution in [-0.2, 0) is 16.1 Å². The number of carbonyl (C=O) groups excluding carboxylic acids is 1. The Morgan fingerprint density at radius 2 is 2.67 bits per heavy atom. The Balaban J connectivity index is 1.82. The zero-order chi connectivity index (χ0) is 10.7. The second kappa shape index (κ2) is 4.44. The van der Waals surface area contributed by atoms with Crippen molar-refractivity contribution in [1.29, 1.82) is 0 Å². The van der Waals surface area contributed by atoms with Crippen molar-refractivity contribution in [3.63, 3.8) is 0 Å². The maximum absolute atomic E-state index is 11.2. The first-order chi connectivity index (χ1) is 7.25. The summed E-state index contributed by atoms with van der Waals surface area (Å²) in [6.07, 6.45) is 4.42. The summed E-state index contributed by atoms with van der Waals surface area (Å²) >= 11 is 0. The highest BCUT2D eigenvalue weighted by atomic mass is 16.5. The maximum atomic E-state index is 11.2.